The van der Waals surface area contributed by atoms with Crippen molar-refractivity contribution in [2.24, 2.45) is 0 Å². The van der Waals surface area contributed by atoms with E-state index in [-0.39, 0.29) is 17.6 Å². The van der Waals surface area contributed by atoms with Crippen molar-refractivity contribution >= 4 is 32.8 Å². The Bertz CT molecular complexity index is 840. The first-order chi connectivity index (χ1) is 13.8. The van der Waals surface area contributed by atoms with Gasteiger partial charge in [0.25, 0.3) is 5.24 Å². The number of anilines is 1. The van der Waals surface area contributed by atoms with E-state index in [1.165, 1.54) is 4.90 Å². The number of carboxylic acids is 1. The van der Waals surface area contributed by atoms with Gasteiger partial charge in [0.15, 0.2) is 0 Å². The highest BCUT2D eigenvalue weighted by Crippen LogP contribution is 2.74. The number of rotatable bonds is 3. The molecule has 4 rings (SSSR count). The van der Waals surface area contributed by atoms with E-state index < -0.39 is 38.1 Å². The number of amides is 2. The molecule has 0 radical (unpaired) electrons. The van der Waals surface area contributed by atoms with Gasteiger partial charge >= 0.3 is 5.97 Å². The molecule has 158 valence electrons. The summed E-state index contributed by atoms with van der Waals surface area (Å²) in [6, 6.07) is 8.91. The summed E-state index contributed by atoms with van der Waals surface area (Å²) < 4.78 is -1.00. The number of fused-ring (bicyclic) bond motifs is 1. The Morgan fingerprint density at radius 2 is 1.76 bits per heavy atom. The zero-order valence-corrected chi connectivity index (χ0v) is 17.5. The number of hydrogen-bond acceptors (Lipinski definition) is 5. The van der Waals surface area contributed by atoms with Gasteiger partial charge in [0, 0.05) is 36.6 Å². The lowest BCUT2D eigenvalue weighted by Gasteiger charge is -2.52. The van der Waals surface area contributed by atoms with Crippen LogP contribution in [-0.2, 0) is 9.59 Å². The normalized spacial score (nSPS) is 32.9. The molecule has 3 aliphatic heterocycles. The topological polar surface area (TPSA) is 101 Å². The first-order valence-electron chi connectivity index (χ1n) is 9.79. The molecule has 3 atom stereocenters. The number of aliphatic carboxylic acids is 1. The number of β-lactam (4-membered cyclic amide) rings is 1. The highest BCUT2D eigenvalue weighted by Gasteiger charge is 2.72. The Morgan fingerprint density at radius 1 is 1.14 bits per heavy atom. The minimum atomic E-state index is -2.46. The molecule has 3 aliphatic rings. The molecule has 2 amide bonds. The zero-order valence-electron chi connectivity index (χ0n) is 16.7. The number of piperazine rings is 1. The van der Waals surface area contributed by atoms with E-state index in [1.807, 2.05) is 30.3 Å². The molecule has 1 aromatic carbocycles. The van der Waals surface area contributed by atoms with E-state index >= 15 is 0 Å². The lowest BCUT2D eigenvalue weighted by Crippen LogP contribution is -2.57. The standard InChI is InChI=1S/C20H27N3O5S/c1-20(2)17(18(26)27)23-15(25)12-16(23)29(20,13-24)19(28)22-10-8-21(9-11-22)14-6-4-3-5-7-14/h3-7,16-17,24H,8-13H2,1-2H3,(H,26,27)/t16-,17+/m1/s1. The molecule has 29 heavy (non-hydrogen) atoms. The monoisotopic (exact) mass is 421 g/mol. The third kappa shape index (κ3) is 2.67. The molecule has 3 saturated heterocycles. The van der Waals surface area contributed by atoms with Crippen molar-refractivity contribution in [2.45, 2.75) is 36.4 Å². The average Bonchev–Trinajstić information content (AvgIpc) is 2.88. The third-order valence-electron chi connectivity index (χ3n) is 6.70. The summed E-state index contributed by atoms with van der Waals surface area (Å²) in [5.74, 6) is -1.76. The summed E-state index contributed by atoms with van der Waals surface area (Å²) >= 11 is 0. The van der Waals surface area contributed by atoms with Crippen molar-refractivity contribution in [1.29, 1.82) is 0 Å². The molecule has 1 aromatic rings. The average molecular weight is 422 g/mol. The van der Waals surface area contributed by atoms with Gasteiger partial charge in [-0.25, -0.2) is 4.79 Å². The number of carbonyl (C=O) groups excluding carboxylic acids is 2. The molecule has 0 aliphatic carbocycles. The lowest BCUT2D eigenvalue weighted by atomic mass is 9.98. The molecule has 3 fully saturated rings. The van der Waals surface area contributed by atoms with Gasteiger partial charge in [-0.2, -0.15) is 0 Å². The molecule has 1 unspecified atom stereocenters. The first-order valence-corrected chi connectivity index (χ1v) is 11.7. The van der Waals surface area contributed by atoms with E-state index in [2.05, 4.69) is 4.90 Å². The van der Waals surface area contributed by atoms with Crippen LogP contribution in [-0.4, -0.2) is 85.4 Å². The van der Waals surface area contributed by atoms with Crippen molar-refractivity contribution in [3.05, 3.63) is 30.3 Å². The predicted molar refractivity (Wildman–Crippen MR) is 111 cm³/mol. The van der Waals surface area contributed by atoms with Crippen LogP contribution in [0, 0.1) is 0 Å². The quantitative estimate of drug-likeness (QED) is 0.717. The van der Waals surface area contributed by atoms with E-state index in [0.717, 1.165) is 5.69 Å². The molecule has 8 nitrogen and oxygen atoms in total. The van der Waals surface area contributed by atoms with E-state index in [4.69, 9.17) is 0 Å². The number of benzene rings is 1. The molecular formula is C20H27N3O5S. The number of para-hydroxylation sites is 1. The first kappa shape index (κ1) is 20.0. The molecule has 3 heterocycles. The van der Waals surface area contributed by atoms with Crippen molar-refractivity contribution in [3.8, 4) is 0 Å². The van der Waals surface area contributed by atoms with Crippen molar-refractivity contribution in [2.75, 3.05) is 37.0 Å². The van der Waals surface area contributed by atoms with E-state index in [0.29, 0.717) is 26.2 Å². The molecule has 0 aromatic heterocycles. The Hall–Kier alpha value is -2.26. The maximum atomic E-state index is 13.7. The summed E-state index contributed by atoms with van der Waals surface area (Å²) in [7, 11) is -2.46. The smallest absolute Gasteiger partial charge is 0.327 e. The Kier molecular flexibility index (Phi) is 4.77. The van der Waals surface area contributed by atoms with Crippen molar-refractivity contribution < 1.29 is 24.6 Å². The summed E-state index contributed by atoms with van der Waals surface area (Å²) in [5.41, 5.74) is 1.10. The SMILES string of the molecule is CC1(C)[C@H](C(=O)O)N2C(=O)C[C@H]2S1(CO)C(=O)N1CCN(c2ccccc2)CC1. The van der Waals surface area contributed by atoms with Gasteiger partial charge in [-0.3, -0.25) is 9.59 Å². The molecule has 0 saturated carbocycles. The number of hydrogen-bond donors (Lipinski definition) is 2. The van der Waals surface area contributed by atoms with E-state index in [9.17, 15) is 24.6 Å². The lowest BCUT2D eigenvalue weighted by molar-refractivity contribution is -0.157. The second kappa shape index (κ2) is 6.91. The molecule has 0 bridgehead atoms. The van der Waals surface area contributed by atoms with Crippen LogP contribution in [0.5, 0.6) is 0 Å². The number of aliphatic hydroxyl groups excluding tert-OH is 1. The second-order valence-electron chi connectivity index (χ2n) is 8.30. The largest absolute Gasteiger partial charge is 0.480 e. The number of nitrogens with zero attached hydrogens (tertiary/aromatic N) is 3. The van der Waals surface area contributed by atoms with Crippen molar-refractivity contribution in [3.63, 3.8) is 0 Å². The fraction of sp³-hybridized carbons (Fsp3) is 0.550. The van der Waals surface area contributed by atoms with Crippen LogP contribution in [0.1, 0.15) is 20.3 Å². The second-order valence-corrected chi connectivity index (χ2v) is 12.1. The summed E-state index contributed by atoms with van der Waals surface area (Å²) in [4.78, 5) is 43.2. The maximum Gasteiger partial charge on any atom is 0.327 e. The minimum Gasteiger partial charge on any atom is -0.480 e. The Morgan fingerprint density at radius 3 is 2.24 bits per heavy atom. The summed E-state index contributed by atoms with van der Waals surface area (Å²) in [6.45, 7) is 5.82. The summed E-state index contributed by atoms with van der Waals surface area (Å²) in [6.07, 6.45) is 0.138. The Labute approximate surface area is 171 Å². The fourth-order valence-corrected chi connectivity index (χ4v) is 9.32. The predicted octanol–water partition coefficient (Wildman–Crippen LogP) is 1.49. The van der Waals surface area contributed by atoms with Gasteiger partial charge < -0.3 is 24.9 Å². The van der Waals surface area contributed by atoms with Crippen LogP contribution in [0.15, 0.2) is 30.3 Å². The van der Waals surface area contributed by atoms with Gasteiger partial charge in [-0.05, 0) is 26.0 Å². The molecule has 2 N–H and O–H groups in total. The fourth-order valence-electron chi connectivity index (χ4n) is 5.01. The molecular weight excluding hydrogens is 394 g/mol. The van der Waals surface area contributed by atoms with E-state index in [1.54, 1.807) is 18.7 Å². The van der Waals surface area contributed by atoms with Crippen LogP contribution in [0.4, 0.5) is 10.5 Å². The van der Waals surface area contributed by atoms with Gasteiger partial charge in [0.2, 0.25) is 5.91 Å². The van der Waals surface area contributed by atoms with Gasteiger partial charge in [-0.15, -0.1) is 10.0 Å². The number of aliphatic hydroxyl groups is 1. The molecule has 0 spiro atoms. The van der Waals surface area contributed by atoms with Crippen LogP contribution in [0.3, 0.4) is 0 Å². The molecule has 9 heteroatoms. The van der Waals surface area contributed by atoms with Crippen LogP contribution >= 0.6 is 10.0 Å². The minimum absolute atomic E-state index is 0.138. The summed E-state index contributed by atoms with van der Waals surface area (Å²) in [5, 5.41) is 19.6. The van der Waals surface area contributed by atoms with Gasteiger partial charge in [0.1, 0.15) is 6.04 Å². The van der Waals surface area contributed by atoms with Crippen molar-refractivity contribution in [1.82, 2.24) is 9.80 Å². The Balaban J connectivity index is 1.59. The van der Waals surface area contributed by atoms with Crippen LogP contribution in [0.2, 0.25) is 0 Å². The van der Waals surface area contributed by atoms with Crippen LogP contribution in [0.25, 0.3) is 0 Å². The number of carboxylic acid groups (broad SMARTS) is 1. The third-order valence-corrected chi connectivity index (χ3v) is 11.4. The highest BCUT2D eigenvalue weighted by atomic mass is 32.3. The highest BCUT2D eigenvalue weighted by molar-refractivity contribution is 8.46. The maximum absolute atomic E-state index is 13.7. The van der Waals surface area contributed by atoms with Gasteiger partial charge in [-0.1, -0.05) is 18.2 Å². The van der Waals surface area contributed by atoms with Crippen LogP contribution < -0.4 is 4.90 Å². The number of carbonyl (C=O) groups is 3. The van der Waals surface area contributed by atoms with Gasteiger partial charge in [0.05, 0.1) is 17.7 Å². The zero-order chi connectivity index (χ0) is 21.0.